The van der Waals surface area contributed by atoms with Crippen LogP contribution in [-0.4, -0.2) is 34.8 Å². The van der Waals surface area contributed by atoms with Gasteiger partial charge in [0.25, 0.3) is 5.91 Å². The van der Waals surface area contributed by atoms with Gasteiger partial charge in [-0.3, -0.25) is 4.79 Å². The minimum Gasteiger partial charge on any atom is -0.466 e. The number of amides is 1. The van der Waals surface area contributed by atoms with Crippen LogP contribution in [0, 0.1) is 0 Å². The van der Waals surface area contributed by atoms with Crippen LogP contribution in [0.3, 0.4) is 0 Å². The lowest BCUT2D eigenvalue weighted by atomic mass is 9.69. The first kappa shape index (κ1) is 20.7. The largest absolute Gasteiger partial charge is 0.466 e. The maximum absolute atomic E-state index is 12.5. The van der Waals surface area contributed by atoms with E-state index in [1.807, 2.05) is 31.2 Å². The van der Waals surface area contributed by atoms with Gasteiger partial charge in [0.1, 0.15) is 5.69 Å². The standard InChI is InChI=1S/C27H28N2O3/c1-3-13-29-23-14-22(19-7-5-4-6-8-19)25(28-26(23)32-17-24(29)30)20-11-9-18(10-12-20)21-15-27(2,31)16-21/h4-12,14,21,31H,3,13,15-17H2,1-2H3/t21-,27+. The van der Waals surface area contributed by atoms with Gasteiger partial charge in [-0.1, -0.05) is 61.5 Å². The van der Waals surface area contributed by atoms with Crippen molar-refractivity contribution in [1.82, 2.24) is 4.98 Å². The molecular weight excluding hydrogens is 400 g/mol. The van der Waals surface area contributed by atoms with Crippen LogP contribution >= 0.6 is 0 Å². The molecule has 0 saturated heterocycles. The highest BCUT2D eigenvalue weighted by molar-refractivity contribution is 5.99. The highest BCUT2D eigenvalue weighted by Crippen LogP contribution is 2.45. The SMILES string of the molecule is CCCN1C(=O)COc2nc(-c3ccc([C@H]4C[C@@](C)(O)C4)cc3)c(-c3ccccc3)cc21. The lowest BCUT2D eigenvalue weighted by Crippen LogP contribution is -2.39. The fourth-order valence-corrected chi connectivity index (χ4v) is 4.81. The molecule has 0 atom stereocenters. The topological polar surface area (TPSA) is 62.7 Å². The second-order valence-corrected chi connectivity index (χ2v) is 9.13. The van der Waals surface area contributed by atoms with Crippen LogP contribution < -0.4 is 9.64 Å². The Balaban J connectivity index is 1.58. The number of anilines is 1. The van der Waals surface area contributed by atoms with Gasteiger partial charge in [-0.2, -0.15) is 0 Å². The van der Waals surface area contributed by atoms with Gasteiger partial charge in [0.15, 0.2) is 6.61 Å². The zero-order chi connectivity index (χ0) is 22.3. The van der Waals surface area contributed by atoms with E-state index in [0.29, 0.717) is 18.3 Å². The number of aromatic nitrogens is 1. The number of aliphatic hydroxyl groups is 1. The van der Waals surface area contributed by atoms with Gasteiger partial charge >= 0.3 is 0 Å². The molecule has 0 unspecified atom stereocenters. The Morgan fingerprint density at radius 1 is 1.09 bits per heavy atom. The molecule has 1 aliphatic carbocycles. The number of hydrogen-bond acceptors (Lipinski definition) is 4. The summed E-state index contributed by atoms with van der Waals surface area (Å²) in [5.74, 6) is 0.876. The normalized spacial score (nSPS) is 22.2. The van der Waals surface area contributed by atoms with Gasteiger partial charge < -0.3 is 14.7 Å². The minimum atomic E-state index is -0.539. The van der Waals surface area contributed by atoms with Crippen LogP contribution in [-0.2, 0) is 4.79 Å². The molecule has 1 amide bonds. The lowest BCUT2D eigenvalue weighted by Gasteiger charge is -2.41. The summed E-state index contributed by atoms with van der Waals surface area (Å²) in [6.07, 6.45) is 2.46. The predicted molar refractivity (Wildman–Crippen MR) is 126 cm³/mol. The smallest absolute Gasteiger partial charge is 0.265 e. The van der Waals surface area contributed by atoms with Crippen LogP contribution in [0.2, 0.25) is 0 Å². The minimum absolute atomic E-state index is 0.0185. The molecule has 5 nitrogen and oxygen atoms in total. The maximum atomic E-state index is 12.5. The number of hydrogen-bond donors (Lipinski definition) is 1. The Morgan fingerprint density at radius 2 is 1.81 bits per heavy atom. The van der Waals surface area contributed by atoms with Crippen molar-refractivity contribution in [3.05, 3.63) is 66.2 Å². The molecule has 3 aromatic rings. The monoisotopic (exact) mass is 428 g/mol. The molecule has 1 fully saturated rings. The van der Waals surface area contributed by atoms with E-state index in [1.54, 1.807) is 4.90 Å². The van der Waals surface area contributed by atoms with E-state index in [1.165, 1.54) is 5.56 Å². The average molecular weight is 429 g/mol. The van der Waals surface area contributed by atoms with Gasteiger partial charge in [0.2, 0.25) is 5.88 Å². The second kappa shape index (κ2) is 8.06. The van der Waals surface area contributed by atoms with Gasteiger partial charge in [0.05, 0.1) is 11.3 Å². The zero-order valence-electron chi connectivity index (χ0n) is 18.5. The van der Waals surface area contributed by atoms with Gasteiger partial charge in [-0.15, -0.1) is 0 Å². The van der Waals surface area contributed by atoms with Crippen molar-refractivity contribution in [3.63, 3.8) is 0 Å². The van der Waals surface area contributed by atoms with Crippen LogP contribution in [0.15, 0.2) is 60.7 Å². The number of fused-ring (bicyclic) bond motifs is 1. The van der Waals surface area contributed by atoms with Crippen LogP contribution in [0.25, 0.3) is 22.4 Å². The molecule has 2 heterocycles. The highest BCUT2D eigenvalue weighted by atomic mass is 16.5. The number of pyridine rings is 1. The number of rotatable bonds is 5. The first-order chi connectivity index (χ1) is 15.4. The third-order valence-electron chi connectivity index (χ3n) is 6.45. The summed E-state index contributed by atoms with van der Waals surface area (Å²) < 4.78 is 5.75. The highest BCUT2D eigenvalue weighted by Gasteiger charge is 2.39. The summed E-state index contributed by atoms with van der Waals surface area (Å²) in [5, 5.41) is 10.1. The Kier molecular flexibility index (Phi) is 5.22. The van der Waals surface area contributed by atoms with Crippen molar-refractivity contribution in [1.29, 1.82) is 0 Å². The van der Waals surface area contributed by atoms with Crippen molar-refractivity contribution in [2.24, 2.45) is 0 Å². The van der Waals surface area contributed by atoms with E-state index in [0.717, 1.165) is 47.3 Å². The van der Waals surface area contributed by atoms with Gasteiger partial charge in [0, 0.05) is 17.7 Å². The molecule has 0 radical (unpaired) electrons. The maximum Gasteiger partial charge on any atom is 0.265 e. The Labute approximate surface area is 188 Å². The van der Waals surface area contributed by atoms with E-state index < -0.39 is 5.60 Å². The van der Waals surface area contributed by atoms with Crippen LogP contribution in [0.1, 0.15) is 44.6 Å². The number of benzene rings is 2. The summed E-state index contributed by atoms with van der Waals surface area (Å²) in [4.78, 5) is 19.2. The molecule has 1 saturated carbocycles. The Bertz CT molecular complexity index is 1130. The molecule has 0 spiro atoms. The second-order valence-electron chi connectivity index (χ2n) is 9.13. The van der Waals surface area contributed by atoms with Crippen LogP contribution in [0.5, 0.6) is 5.88 Å². The number of carbonyl (C=O) groups is 1. The van der Waals surface area contributed by atoms with E-state index in [9.17, 15) is 9.90 Å². The quantitative estimate of drug-likeness (QED) is 0.608. The van der Waals surface area contributed by atoms with Crippen molar-refractivity contribution in [3.8, 4) is 28.3 Å². The predicted octanol–water partition coefficient (Wildman–Crippen LogP) is 5.18. The number of nitrogens with zero attached hydrogens (tertiary/aromatic N) is 2. The molecule has 164 valence electrons. The molecule has 0 bridgehead atoms. The van der Waals surface area contributed by atoms with Crippen LogP contribution in [0.4, 0.5) is 5.69 Å². The van der Waals surface area contributed by atoms with E-state index >= 15 is 0 Å². The van der Waals surface area contributed by atoms with E-state index in [2.05, 4.69) is 43.3 Å². The summed E-state index contributed by atoms with van der Waals surface area (Å²) in [6, 6.07) is 20.6. The molecule has 32 heavy (non-hydrogen) atoms. The lowest BCUT2D eigenvalue weighted by molar-refractivity contribution is -0.121. The van der Waals surface area contributed by atoms with Crippen molar-refractivity contribution in [2.75, 3.05) is 18.1 Å². The molecule has 1 N–H and O–H groups in total. The molecule has 5 rings (SSSR count). The first-order valence-electron chi connectivity index (χ1n) is 11.3. The van der Waals surface area contributed by atoms with Crippen molar-refractivity contribution in [2.45, 2.75) is 44.6 Å². The number of ether oxygens (including phenoxy) is 1. The summed E-state index contributed by atoms with van der Waals surface area (Å²) in [5.41, 5.74) is 5.31. The summed E-state index contributed by atoms with van der Waals surface area (Å²) >= 11 is 0. The van der Waals surface area contributed by atoms with E-state index in [4.69, 9.17) is 9.72 Å². The average Bonchev–Trinajstić information content (AvgIpc) is 2.79. The molecule has 2 aromatic carbocycles. The third kappa shape index (κ3) is 3.78. The van der Waals surface area contributed by atoms with E-state index in [-0.39, 0.29) is 12.5 Å². The number of carbonyl (C=O) groups excluding carboxylic acids is 1. The molecule has 2 aliphatic rings. The molecule has 1 aliphatic heterocycles. The fourth-order valence-electron chi connectivity index (χ4n) is 4.81. The van der Waals surface area contributed by atoms with Gasteiger partial charge in [-0.25, -0.2) is 4.98 Å². The fraction of sp³-hybridized carbons (Fsp3) is 0.333. The molecule has 1 aromatic heterocycles. The Morgan fingerprint density at radius 3 is 2.47 bits per heavy atom. The molecule has 5 heteroatoms. The van der Waals surface area contributed by atoms with Crippen molar-refractivity contribution < 1.29 is 14.6 Å². The first-order valence-corrected chi connectivity index (χ1v) is 11.3. The zero-order valence-corrected chi connectivity index (χ0v) is 18.5. The van der Waals surface area contributed by atoms with Crippen molar-refractivity contribution >= 4 is 11.6 Å². The molecular formula is C27H28N2O3. The summed E-state index contributed by atoms with van der Waals surface area (Å²) in [6.45, 7) is 4.62. The third-order valence-corrected chi connectivity index (χ3v) is 6.45. The van der Waals surface area contributed by atoms with Gasteiger partial charge in [-0.05, 0) is 49.3 Å². The Hall–Kier alpha value is -3.18. The summed E-state index contributed by atoms with van der Waals surface area (Å²) in [7, 11) is 0.